The fraction of sp³-hybridized carbons (Fsp3) is 0.130. The van der Waals surface area contributed by atoms with Crippen LogP contribution in [0.4, 0.5) is 15.9 Å². The largest absolute Gasteiger partial charge is 0.481 e. The summed E-state index contributed by atoms with van der Waals surface area (Å²) >= 11 is 0. The van der Waals surface area contributed by atoms with Gasteiger partial charge in [-0.1, -0.05) is 6.07 Å². The molecule has 2 aromatic carbocycles. The van der Waals surface area contributed by atoms with Gasteiger partial charge in [0.15, 0.2) is 0 Å². The first-order valence-corrected chi connectivity index (χ1v) is 11.2. The Morgan fingerprint density at radius 3 is 2.47 bits per heavy atom. The van der Waals surface area contributed by atoms with E-state index in [1.807, 2.05) is 19.1 Å². The normalized spacial score (nSPS) is 11.6. The number of aromatic nitrogens is 2. The number of pyridine rings is 1. The molecule has 0 aliphatic rings. The summed E-state index contributed by atoms with van der Waals surface area (Å²) in [6, 6.07) is 15.4. The average molecular weight is 453 g/mol. The molecule has 7 nitrogen and oxygen atoms in total. The van der Waals surface area contributed by atoms with Crippen molar-refractivity contribution in [2.75, 3.05) is 5.32 Å². The molecule has 32 heavy (non-hydrogen) atoms. The highest BCUT2D eigenvalue weighted by atomic mass is 32.2. The molecular weight excluding hydrogens is 433 g/mol. The summed E-state index contributed by atoms with van der Waals surface area (Å²) in [5, 5.41) is 12.6. The summed E-state index contributed by atoms with van der Waals surface area (Å²) < 4.78 is 41.8. The minimum atomic E-state index is -4.06. The topological polar surface area (TPSA) is 101 Å². The van der Waals surface area contributed by atoms with E-state index >= 15 is 0 Å². The zero-order chi connectivity index (χ0) is 23.0. The van der Waals surface area contributed by atoms with Crippen molar-refractivity contribution >= 4 is 38.4 Å². The second-order valence-corrected chi connectivity index (χ2v) is 9.17. The highest BCUT2D eigenvalue weighted by molar-refractivity contribution is 7.90. The Morgan fingerprint density at radius 1 is 1.09 bits per heavy atom. The van der Waals surface area contributed by atoms with Crippen LogP contribution in [-0.4, -0.2) is 28.5 Å². The van der Waals surface area contributed by atoms with Gasteiger partial charge >= 0.3 is 5.97 Å². The molecule has 4 rings (SSSR count). The number of halogens is 1. The van der Waals surface area contributed by atoms with E-state index in [2.05, 4.69) is 10.3 Å². The van der Waals surface area contributed by atoms with Gasteiger partial charge in [-0.05, 0) is 74.0 Å². The summed E-state index contributed by atoms with van der Waals surface area (Å²) in [7, 11) is -4.06. The first-order valence-electron chi connectivity index (χ1n) is 9.74. The quantitative estimate of drug-likeness (QED) is 0.449. The molecule has 164 valence electrons. The number of fused-ring (bicyclic) bond motifs is 1. The van der Waals surface area contributed by atoms with Crippen molar-refractivity contribution < 1.29 is 22.7 Å². The third-order valence-corrected chi connectivity index (χ3v) is 6.94. The number of aliphatic carboxylic acids is 1. The van der Waals surface area contributed by atoms with Gasteiger partial charge < -0.3 is 10.4 Å². The van der Waals surface area contributed by atoms with Gasteiger partial charge in [0.1, 0.15) is 11.6 Å². The summed E-state index contributed by atoms with van der Waals surface area (Å²) in [6.07, 6.45) is -0.416. The summed E-state index contributed by atoms with van der Waals surface area (Å²) in [6.45, 7) is 3.39. The lowest BCUT2D eigenvalue weighted by Gasteiger charge is -2.12. The van der Waals surface area contributed by atoms with Gasteiger partial charge in [-0.15, -0.1) is 0 Å². The van der Waals surface area contributed by atoms with Crippen molar-refractivity contribution in [1.82, 2.24) is 8.96 Å². The minimum absolute atomic E-state index is 0.0199. The molecule has 0 unspecified atom stereocenters. The first-order chi connectivity index (χ1) is 15.2. The lowest BCUT2D eigenvalue weighted by Crippen LogP contribution is -2.15. The zero-order valence-corrected chi connectivity index (χ0v) is 18.1. The molecule has 0 saturated heterocycles. The molecule has 9 heteroatoms. The van der Waals surface area contributed by atoms with Gasteiger partial charge in [-0.3, -0.25) is 4.79 Å². The number of nitrogens with one attached hydrogen (secondary N) is 1. The Balaban J connectivity index is 1.76. The van der Waals surface area contributed by atoms with Crippen LogP contribution < -0.4 is 5.32 Å². The molecule has 0 spiro atoms. The number of carboxylic acids is 1. The summed E-state index contributed by atoms with van der Waals surface area (Å²) in [4.78, 5) is 15.7. The molecular formula is C23H20FN3O4S. The average Bonchev–Trinajstić information content (AvgIpc) is 2.99. The Labute approximate surface area is 184 Å². The lowest BCUT2D eigenvalue weighted by molar-refractivity contribution is -0.136. The molecule has 2 aromatic heterocycles. The van der Waals surface area contributed by atoms with Crippen LogP contribution >= 0.6 is 0 Å². The van der Waals surface area contributed by atoms with Crippen LogP contribution in [0, 0.1) is 19.7 Å². The monoisotopic (exact) mass is 453 g/mol. The predicted molar refractivity (Wildman–Crippen MR) is 119 cm³/mol. The number of hydrogen-bond donors (Lipinski definition) is 2. The van der Waals surface area contributed by atoms with Gasteiger partial charge in [-0.2, -0.15) is 0 Å². The van der Waals surface area contributed by atoms with Crippen molar-refractivity contribution in [1.29, 1.82) is 0 Å². The van der Waals surface area contributed by atoms with Crippen LogP contribution in [-0.2, 0) is 21.2 Å². The Hall–Kier alpha value is -3.72. The maximum absolute atomic E-state index is 13.8. The van der Waals surface area contributed by atoms with E-state index in [0.717, 1.165) is 21.8 Å². The number of anilines is 2. The first kappa shape index (κ1) is 21.5. The highest BCUT2D eigenvalue weighted by Gasteiger charge is 2.26. The molecule has 2 heterocycles. The minimum Gasteiger partial charge on any atom is -0.481 e. The van der Waals surface area contributed by atoms with Gasteiger partial charge in [0.05, 0.1) is 16.8 Å². The fourth-order valence-electron chi connectivity index (χ4n) is 3.69. The SMILES string of the molecule is Cc1cccc(Nc2ccc(S(=O)(=O)n3c(C)c(CC(=O)O)c4cc(F)ccc43)cc2)n1. The third-order valence-electron chi connectivity index (χ3n) is 5.13. The number of carbonyl (C=O) groups is 1. The summed E-state index contributed by atoms with van der Waals surface area (Å²) in [5.74, 6) is -1.07. The van der Waals surface area contributed by atoms with E-state index in [9.17, 15) is 22.7 Å². The number of nitrogens with zero attached hydrogens (tertiary/aromatic N) is 2. The van der Waals surface area contributed by atoms with Crippen molar-refractivity contribution in [3.63, 3.8) is 0 Å². The van der Waals surface area contributed by atoms with Crippen molar-refractivity contribution in [3.8, 4) is 0 Å². The van der Waals surface area contributed by atoms with Crippen LogP contribution in [0.3, 0.4) is 0 Å². The van der Waals surface area contributed by atoms with Crippen molar-refractivity contribution in [3.05, 3.63) is 83.4 Å². The van der Waals surface area contributed by atoms with E-state index in [1.165, 1.54) is 25.1 Å². The molecule has 0 aliphatic heterocycles. The van der Waals surface area contributed by atoms with Gasteiger partial charge in [0.2, 0.25) is 0 Å². The molecule has 0 radical (unpaired) electrons. The third kappa shape index (κ3) is 3.94. The van der Waals surface area contributed by atoms with Crippen LogP contribution in [0.1, 0.15) is 17.0 Å². The second kappa shape index (κ2) is 8.08. The number of aryl methyl sites for hydroxylation is 1. The number of rotatable bonds is 6. The number of carboxylic acid groups (broad SMARTS) is 1. The maximum atomic E-state index is 13.8. The zero-order valence-electron chi connectivity index (χ0n) is 17.3. The van der Waals surface area contributed by atoms with Crippen molar-refractivity contribution in [2.24, 2.45) is 0 Å². The van der Waals surface area contributed by atoms with Gasteiger partial charge in [-0.25, -0.2) is 21.8 Å². The highest BCUT2D eigenvalue weighted by Crippen LogP contribution is 2.31. The standard InChI is InChI=1S/C23H20FN3O4S/c1-14-4-3-5-22(25-14)26-17-7-9-18(10-8-17)32(30,31)27-15(2)19(13-23(28)29)20-12-16(24)6-11-21(20)27/h3-12H,13H2,1-2H3,(H,25,26)(H,28,29). The molecule has 0 bridgehead atoms. The van der Waals surface area contributed by atoms with E-state index in [4.69, 9.17) is 0 Å². The van der Waals surface area contributed by atoms with E-state index in [-0.39, 0.29) is 27.1 Å². The predicted octanol–water partition coefficient (Wildman–Crippen LogP) is 4.40. The molecule has 4 aromatic rings. The van der Waals surface area contributed by atoms with Crippen LogP contribution in [0.5, 0.6) is 0 Å². The van der Waals surface area contributed by atoms with Crippen molar-refractivity contribution in [2.45, 2.75) is 25.2 Å². The van der Waals surface area contributed by atoms with Gasteiger partial charge in [0, 0.05) is 22.5 Å². The molecule has 0 amide bonds. The molecule has 0 aliphatic carbocycles. The fourth-order valence-corrected chi connectivity index (χ4v) is 5.27. The molecule has 0 saturated carbocycles. The van der Waals surface area contributed by atoms with Crippen LogP contribution in [0.15, 0.2) is 65.6 Å². The van der Waals surface area contributed by atoms with Gasteiger partial charge in [0.25, 0.3) is 10.0 Å². The molecule has 2 N–H and O–H groups in total. The van der Waals surface area contributed by atoms with E-state index in [0.29, 0.717) is 11.5 Å². The number of hydrogen-bond acceptors (Lipinski definition) is 5. The van der Waals surface area contributed by atoms with E-state index < -0.39 is 28.2 Å². The Kier molecular flexibility index (Phi) is 5.43. The maximum Gasteiger partial charge on any atom is 0.307 e. The van der Waals surface area contributed by atoms with Crippen LogP contribution in [0.2, 0.25) is 0 Å². The summed E-state index contributed by atoms with van der Waals surface area (Å²) in [5.41, 5.74) is 2.23. The van der Waals surface area contributed by atoms with Crippen LogP contribution in [0.25, 0.3) is 10.9 Å². The smallest absolute Gasteiger partial charge is 0.307 e. The second-order valence-electron chi connectivity index (χ2n) is 7.38. The van der Waals surface area contributed by atoms with E-state index in [1.54, 1.807) is 18.2 Å². The molecule has 0 fully saturated rings. The Morgan fingerprint density at radius 2 is 1.81 bits per heavy atom. The number of benzene rings is 2. The Bertz CT molecular complexity index is 1440. The lowest BCUT2D eigenvalue weighted by atomic mass is 10.1. The molecule has 0 atom stereocenters.